The van der Waals surface area contributed by atoms with Crippen LogP contribution in [0.2, 0.25) is 5.02 Å². The Morgan fingerprint density at radius 1 is 1.19 bits per heavy atom. The van der Waals surface area contributed by atoms with Gasteiger partial charge < -0.3 is 10.1 Å². The standard InChI is InChI=1S/C27H30ClN5O3.ClH/c1-14-8-17(28)9-19(24(14)36-18-6-5-7-29-10-18)22-23-15(2)16(12-33(23)31-13-30-22)11-32-25(34)20-21(26(32)35)27(20,3)4;/h8-9,12-13,18,20-21,29H,5-7,10-11H2,1-4H3;1H/t18-,20?,21?;/m0./s1. The van der Waals surface area contributed by atoms with Crippen LogP contribution in [-0.4, -0.2) is 50.5 Å². The molecular weight excluding hydrogens is 513 g/mol. The van der Waals surface area contributed by atoms with Gasteiger partial charge in [0.1, 0.15) is 23.9 Å². The van der Waals surface area contributed by atoms with Gasteiger partial charge in [-0.2, -0.15) is 5.10 Å². The number of halogens is 2. The molecule has 10 heteroatoms. The van der Waals surface area contributed by atoms with E-state index in [-0.39, 0.29) is 54.1 Å². The molecular formula is C27H31Cl2N5O3. The summed E-state index contributed by atoms with van der Waals surface area (Å²) in [6.45, 7) is 10.00. The van der Waals surface area contributed by atoms with E-state index in [1.807, 2.05) is 46.0 Å². The topological polar surface area (TPSA) is 88.8 Å². The number of fused-ring (bicyclic) bond motifs is 2. The third-order valence-corrected chi connectivity index (χ3v) is 8.40. The number of aromatic nitrogens is 3. The van der Waals surface area contributed by atoms with Crippen LogP contribution in [0.5, 0.6) is 5.75 Å². The number of rotatable bonds is 5. The minimum atomic E-state index is -0.224. The lowest BCUT2D eigenvalue weighted by Gasteiger charge is -2.26. The average Bonchev–Trinajstić information content (AvgIpc) is 3.12. The zero-order valence-corrected chi connectivity index (χ0v) is 22.9. The molecule has 37 heavy (non-hydrogen) atoms. The molecule has 1 N–H and O–H groups in total. The van der Waals surface area contributed by atoms with Crippen molar-refractivity contribution in [1.82, 2.24) is 24.8 Å². The lowest BCUT2D eigenvalue weighted by atomic mass is 10.0. The number of nitrogens with zero attached hydrogens (tertiary/aromatic N) is 4. The Hall–Kier alpha value is -2.68. The summed E-state index contributed by atoms with van der Waals surface area (Å²) in [5, 5.41) is 8.44. The molecule has 3 atom stereocenters. The highest BCUT2D eigenvalue weighted by molar-refractivity contribution is 6.31. The maximum atomic E-state index is 12.9. The highest BCUT2D eigenvalue weighted by Crippen LogP contribution is 2.63. The predicted molar refractivity (Wildman–Crippen MR) is 143 cm³/mol. The molecule has 1 aromatic carbocycles. The van der Waals surface area contributed by atoms with Gasteiger partial charge in [-0.05, 0) is 67.5 Å². The third-order valence-electron chi connectivity index (χ3n) is 8.18. The SMILES string of the molecule is Cc1cc(Cl)cc(-c2ncnn3cc(CN4C(=O)C5C(C4=O)C5(C)C)c(C)c23)c1O[C@H]1CCCNC1.Cl. The Morgan fingerprint density at radius 3 is 2.59 bits per heavy atom. The number of carbonyl (C=O) groups excluding carboxylic acids is 2. The van der Waals surface area contributed by atoms with E-state index in [4.69, 9.17) is 16.3 Å². The van der Waals surface area contributed by atoms with Crippen molar-refractivity contribution >= 4 is 41.3 Å². The molecule has 1 aliphatic carbocycles. The molecule has 2 aromatic heterocycles. The van der Waals surface area contributed by atoms with Crippen LogP contribution < -0.4 is 10.1 Å². The van der Waals surface area contributed by atoms with Crippen molar-refractivity contribution in [2.45, 2.75) is 53.2 Å². The van der Waals surface area contributed by atoms with Crippen LogP contribution in [0.4, 0.5) is 0 Å². The lowest BCUT2D eigenvalue weighted by molar-refractivity contribution is -0.143. The van der Waals surface area contributed by atoms with Crippen molar-refractivity contribution in [3.63, 3.8) is 0 Å². The summed E-state index contributed by atoms with van der Waals surface area (Å²) >= 11 is 6.50. The summed E-state index contributed by atoms with van der Waals surface area (Å²) in [6.07, 6.45) is 5.52. The number of hydrogen-bond acceptors (Lipinski definition) is 6. The van der Waals surface area contributed by atoms with Gasteiger partial charge in [-0.3, -0.25) is 14.5 Å². The van der Waals surface area contributed by atoms with Crippen LogP contribution in [0, 0.1) is 31.1 Å². The van der Waals surface area contributed by atoms with Crippen molar-refractivity contribution in [3.05, 3.63) is 46.4 Å². The smallest absolute Gasteiger partial charge is 0.233 e. The molecule has 3 aliphatic rings. The molecule has 8 nitrogen and oxygen atoms in total. The van der Waals surface area contributed by atoms with Gasteiger partial charge in [0.25, 0.3) is 0 Å². The number of ether oxygens (including phenoxy) is 1. The normalized spacial score (nSPS) is 24.2. The van der Waals surface area contributed by atoms with E-state index in [0.717, 1.165) is 59.5 Å². The Labute approximate surface area is 227 Å². The van der Waals surface area contributed by atoms with Gasteiger partial charge >= 0.3 is 0 Å². The highest BCUT2D eigenvalue weighted by Gasteiger charge is 2.72. The quantitative estimate of drug-likeness (QED) is 0.481. The van der Waals surface area contributed by atoms with Crippen molar-refractivity contribution in [1.29, 1.82) is 0 Å². The Bertz CT molecular complexity index is 1390. The molecule has 2 unspecified atom stereocenters. The van der Waals surface area contributed by atoms with Crippen molar-refractivity contribution in [2.75, 3.05) is 13.1 Å². The van der Waals surface area contributed by atoms with E-state index in [2.05, 4.69) is 15.4 Å². The zero-order chi connectivity index (χ0) is 25.4. The van der Waals surface area contributed by atoms with E-state index in [0.29, 0.717) is 10.7 Å². The molecule has 2 amide bonds. The predicted octanol–water partition coefficient (Wildman–Crippen LogP) is 4.36. The van der Waals surface area contributed by atoms with Gasteiger partial charge in [0, 0.05) is 23.3 Å². The number of nitrogens with one attached hydrogen (secondary N) is 1. The van der Waals surface area contributed by atoms with Gasteiger partial charge in [-0.1, -0.05) is 25.4 Å². The Morgan fingerprint density at radius 2 is 1.92 bits per heavy atom. The molecule has 1 saturated carbocycles. The number of carbonyl (C=O) groups is 2. The van der Waals surface area contributed by atoms with Crippen LogP contribution in [0.1, 0.15) is 43.4 Å². The molecule has 2 saturated heterocycles. The number of hydrogen-bond donors (Lipinski definition) is 1. The third kappa shape index (κ3) is 4.10. The molecule has 4 heterocycles. The fourth-order valence-electron chi connectivity index (χ4n) is 6.05. The van der Waals surface area contributed by atoms with E-state index in [1.165, 1.54) is 11.2 Å². The summed E-state index contributed by atoms with van der Waals surface area (Å²) < 4.78 is 8.27. The van der Waals surface area contributed by atoms with E-state index in [1.54, 1.807) is 4.52 Å². The van der Waals surface area contributed by atoms with Gasteiger partial charge in [-0.15, -0.1) is 12.4 Å². The molecule has 0 bridgehead atoms. The first-order chi connectivity index (χ1) is 17.2. The first-order valence-corrected chi connectivity index (χ1v) is 12.9. The molecule has 6 rings (SSSR count). The number of aryl methyl sites for hydroxylation is 2. The minimum absolute atomic E-state index is 0. The minimum Gasteiger partial charge on any atom is -0.488 e. The number of benzene rings is 1. The fourth-order valence-corrected chi connectivity index (χ4v) is 6.32. The maximum Gasteiger partial charge on any atom is 0.233 e. The van der Waals surface area contributed by atoms with Gasteiger partial charge in [-0.25, -0.2) is 9.50 Å². The van der Waals surface area contributed by atoms with E-state index < -0.39 is 0 Å². The summed E-state index contributed by atoms with van der Waals surface area (Å²) in [7, 11) is 0. The maximum absolute atomic E-state index is 12.9. The summed E-state index contributed by atoms with van der Waals surface area (Å²) in [4.78, 5) is 31.9. The van der Waals surface area contributed by atoms with Crippen molar-refractivity contribution in [2.24, 2.45) is 17.3 Å². The summed E-state index contributed by atoms with van der Waals surface area (Å²) in [6, 6.07) is 3.79. The van der Waals surface area contributed by atoms with Crippen molar-refractivity contribution in [3.8, 4) is 17.0 Å². The molecule has 3 fully saturated rings. The number of likely N-dealkylation sites (tertiary alicyclic amines) is 1. The van der Waals surface area contributed by atoms with Gasteiger partial charge in [0.2, 0.25) is 11.8 Å². The molecule has 2 aliphatic heterocycles. The molecule has 196 valence electrons. The van der Waals surface area contributed by atoms with Crippen LogP contribution in [0.3, 0.4) is 0 Å². The van der Waals surface area contributed by atoms with Crippen LogP contribution >= 0.6 is 24.0 Å². The Balaban J connectivity index is 0.00000280. The summed E-state index contributed by atoms with van der Waals surface area (Å²) in [5.41, 5.74) is 4.84. The average molecular weight is 544 g/mol. The van der Waals surface area contributed by atoms with Crippen LogP contribution in [0.15, 0.2) is 24.7 Å². The second kappa shape index (κ2) is 9.26. The zero-order valence-electron chi connectivity index (χ0n) is 21.4. The monoisotopic (exact) mass is 543 g/mol. The fraction of sp³-hybridized carbons (Fsp3) is 0.481. The van der Waals surface area contributed by atoms with Crippen LogP contribution in [0.25, 0.3) is 16.8 Å². The van der Waals surface area contributed by atoms with Crippen LogP contribution in [-0.2, 0) is 16.1 Å². The van der Waals surface area contributed by atoms with Gasteiger partial charge in [0.15, 0.2) is 0 Å². The highest BCUT2D eigenvalue weighted by atomic mass is 35.5. The Kier molecular flexibility index (Phi) is 6.49. The number of amides is 2. The number of piperidine rings is 2. The first-order valence-electron chi connectivity index (χ1n) is 12.5. The first kappa shape index (κ1) is 25.9. The number of imide groups is 1. The van der Waals surface area contributed by atoms with Gasteiger partial charge in [0.05, 0.1) is 23.9 Å². The lowest BCUT2D eigenvalue weighted by Crippen LogP contribution is -2.37. The second-order valence-corrected chi connectivity index (χ2v) is 11.3. The van der Waals surface area contributed by atoms with E-state index >= 15 is 0 Å². The summed E-state index contributed by atoms with van der Waals surface area (Å²) in [5.74, 6) is 0.238. The molecule has 0 radical (unpaired) electrons. The van der Waals surface area contributed by atoms with Crippen molar-refractivity contribution < 1.29 is 14.3 Å². The molecule has 0 spiro atoms. The second-order valence-electron chi connectivity index (χ2n) is 10.9. The molecule has 3 aromatic rings. The van der Waals surface area contributed by atoms with E-state index in [9.17, 15) is 9.59 Å². The largest absolute Gasteiger partial charge is 0.488 e.